The molecule has 1 aliphatic rings. The molecule has 0 unspecified atom stereocenters. The third-order valence-electron chi connectivity index (χ3n) is 5.15. The number of fused-ring (bicyclic) bond motifs is 1. The second kappa shape index (κ2) is 7.80. The summed E-state index contributed by atoms with van der Waals surface area (Å²) in [6, 6.07) is 10.6. The molecule has 1 saturated heterocycles. The van der Waals surface area contributed by atoms with Crippen LogP contribution in [0.4, 0.5) is 13.2 Å². The third-order valence-corrected chi connectivity index (χ3v) is 5.15. The Morgan fingerprint density at radius 3 is 2.36 bits per heavy atom. The fraction of sp³-hybridized carbons (Fsp3) is 0.318. The number of likely N-dealkylation sites (tertiary alicyclic amines) is 1. The minimum atomic E-state index is -0.515. The normalized spacial score (nSPS) is 15.9. The fourth-order valence-corrected chi connectivity index (χ4v) is 3.67. The van der Waals surface area contributed by atoms with Gasteiger partial charge in [0.15, 0.2) is 0 Å². The summed E-state index contributed by atoms with van der Waals surface area (Å²) in [7, 11) is 0. The maximum absolute atomic E-state index is 14.1. The van der Waals surface area contributed by atoms with Crippen molar-refractivity contribution in [3.05, 3.63) is 71.2 Å². The summed E-state index contributed by atoms with van der Waals surface area (Å²) in [4.78, 5) is 6.29. The average molecular weight is 386 g/mol. The van der Waals surface area contributed by atoms with Gasteiger partial charge < -0.3 is 4.74 Å². The average Bonchev–Trinajstić information content (AvgIpc) is 2.67. The molecule has 0 atom stereocenters. The maximum atomic E-state index is 14.1. The number of benzene rings is 2. The molecule has 2 heterocycles. The third kappa shape index (κ3) is 3.83. The zero-order valence-corrected chi connectivity index (χ0v) is 15.6. The van der Waals surface area contributed by atoms with Gasteiger partial charge in [-0.3, -0.25) is 4.90 Å². The number of aromatic nitrogens is 1. The highest BCUT2D eigenvalue weighted by Crippen LogP contribution is 2.30. The largest absolute Gasteiger partial charge is 0.490 e. The van der Waals surface area contributed by atoms with Crippen LogP contribution in [0.2, 0.25) is 0 Å². The number of ether oxygens (including phenoxy) is 1. The SMILES string of the molecule is Cc1cc(OC2CCN(Cc3c(F)cccc3F)CC2)c2cccc(F)c2n1. The monoisotopic (exact) mass is 386 g/mol. The predicted octanol–water partition coefficient (Wildman–Crippen LogP) is 5.00. The first-order chi connectivity index (χ1) is 13.5. The van der Waals surface area contributed by atoms with Crippen LogP contribution in [0.15, 0.2) is 42.5 Å². The van der Waals surface area contributed by atoms with Gasteiger partial charge in [0.2, 0.25) is 0 Å². The lowest BCUT2D eigenvalue weighted by molar-refractivity contribution is 0.0966. The molecule has 146 valence electrons. The molecule has 0 aliphatic carbocycles. The zero-order valence-electron chi connectivity index (χ0n) is 15.6. The molecule has 0 N–H and O–H groups in total. The molecule has 1 aliphatic heterocycles. The number of halogens is 3. The van der Waals surface area contributed by atoms with E-state index in [1.807, 2.05) is 17.9 Å². The number of pyridine rings is 1. The summed E-state index contributed by atoms with van der Waals surface area (Å²) in [5.41, 5.74) is 1.11. The molecular weight excluding hydrogens is 365 g/mol. The van der Waals surface area contributed by atoms with Crippen molar-refractivity contribution in [3.8, 4) is 5.75 Å². The Morgan fingerprint density at radius 2 is 1.64 bits per heavy atom. The van der Waals surface area contributed by atoms with Gasteiger partial charge in [0.1, 0.15) is 34.8 Å². The van der Waals surface area contributed by atoms with Crippen LogP contribution in [0.5, 0.6) is 5.75 Å². The summed E-state index contributed by atoms with van der Waals surface area (Å²) in [5.74, 6) is -0.772. The van der Waals surface area contributed by atoms with E-state index in [1.54, 1.807) is 12.1 Å². The lowest BCUT2D eigenvalue weighted by Gasteiger charge is -2.32. The predicted molar refractivity (Wildman–Crippen MR) is 102 cm³/mol. The van der Waals surface area contributed by atoms with Gasteiger partial charge in [0.25, 0.3) is 0 Å². The van der Waals surface area contributed by atoms with E-state index in [-0.39, 0.29) is 24.0 Å². The van der Waals surface area contributed by atoms with Crippen LogP contribution in [0, 0.1) is 24.4 Å². The van der Waals surface area contributed by atoms with E-state index in [0.29, 0.717) is 35.4 Å². The number of aryl methyl sites for hydroxylation is 1. The molecule has 4 rings (SSSR count). The first-order valence-corrected chi connectivity index (χ1v) is 9.39. The second-order valence-corrected chi connectivity index (χ2v) is 7.19. The molecule has 1 aromatic heterocycles. The van der Waals surface area contributed by atoms with Gasteiger partial charge in [0, 0.05) is 42.3 Å². The van der Waals surface area contributed by atoms with Crippen LogP contribution in [0.1, 0.15) is 24.1 Å². The molecule has 1 fully saturated rings. The molecular formula is C22H21F3N2O. The van der Waals surface area contributed by atoms with Crippen LogP contribution in [0.3, 0.4) is 0 Å². The minimum absolute atomic E-state index is 0.0324. The standard InChI is InChI=1S/C22H21F3N2O/c1-14-12-21(16-4-2-7-20(25)22(16)26-14)28-15-8-10-27(11-9-15)13-17-18(23)5-3-6-19(17)24/h2-7,12,15H,8-11,13H2,1H3. The summed E-state index contributed by atoms with van der Waals surface area (Å²) in [6.07, 6.45) is 1.43. The Kier molecular flexibility index (Phi) is 5.22. The Labute approximate surface area is 161 Å². The molecule has 6 heteroatoms. The van der Waals surface area contributed by atoms with E-state index in [4.69, 9.17) is 4.74 Å². The quantitative estimate of drug-likeness (QED) is 0.631. The summed E-state index contributed by atoms with van der Waals surface area (Å²) < 4.78 is 48.0. The first kappa shape index (κ1) is 18.7. The summed E-state index contributed by atoms with van der Waals surface area (Å²) >= 11 is 0. The van der Waals surface area contributed by atoms with Crippen molar-refractivity contribution >= 4 is 10.9 Å². The molecule has 3 nitrogen and oxygen atoms in total. The molecule has 0 amide bonds. The molecule has 0 spiro atoms. The van der Waals surface area contributed by atoms with Crippen molar-refractivity contribution in [1.82, 2.24) is 9.88 Å². The molecule has 2 aromatic carbocycles. The van der Waals surface area contributed by atoms with Gasteiger partial charge in [-0.25, -0.2) is 18.2 Å². The van der Waals surface area contributed by atoms with E-state index in [1.165, 1.54) is 24.3 Å². The summed E-state index contributed by atoms with van der Waals surface area (Å²) in [6.45, 7) is 3.40. The second-order valence-electron chi connectivity index (χ2n) is 7.19. The highest BCUT2D eigenvalue weighted by Gasteiger charge is 2.23. The van der Waals surface area contributed by atoms with Crippen LogP contribution >= 0.6 is 0 Å². The number of rotatable bonds is 4. The van der Waals surface area contributed by atoms with Gasteiger partial charge >= 0.3 is 0 Å². The van der Waals surface area contributed by atoms with Crippen LogP contribution in [-0.4, -0.2) is 29.1 Å². The lowest BCUT2D eigenvalue weighted by atomic mass is 10.1. The Morgan fingerprint density at radius 1 is 1.00 bits per heavy atom. The highest BCUT2D eigenvalue weighted by atomic mass is 19.1. The van der Waals surface area contributed by atoms with Crippen LogP contribution in [0.25, 0.3) is 10.9 Å². The smallest absolute Gasteiger partial charge is 0.149 e. The lowest BCUT2D eigenvalue weighted by Crippen LogP contribution is -2.38. The van der Waals surface area contributed by atoms with E-state index >= 15 is 0 Å². The molecule has 3 aromatic rings. The number of hydrogen-bond acceptors (Lipinski definition) is 3. The Balaban J connectivity index is 1.44. The maximum Gasteiger partial charge on any atom is 0.149 e. The Hall–Kier alpha value is -2.60. The Bertz CT molecular complexity index is 980. The molecule has 0 bridgehead atoms. The molecule has 0 radical (unpaired) electrons. The zero-order chi connectivity index (χ0) is 19.7. The van der Waals surface area contributed by atoms with Crippen molar-refractivity contribution in [2.75, 3.05) is 13.1 Å². The number of para-hydroxylation sites is 1. The molecule has 28 heavy (non-hydrogen) atoms. The van der Waals surface area contributed by atoms with E-state index < -0.39 is 11.6 Å². The minimum Gasteiger partial charge on any atom is -0.490 e. The van der Waals surface area contributed by atoms with Crippen molar-refractivity contribution in [3.63, 3.8) is 0 Å². The number of piperidine rings is 1. The van der Waals surface area contributed by atoms with Crippen molar-refractivity contribution in [1.29, 1.82) is 0 Å². The first-order valence-electron chi connectivity index (χ1n) is 9.39. The van der Waals surface area contributed by atoms with Crippen molar-refractivity contribution in [2.45, 2.75) is 32.4 Å². The van der Waals surface area contributed by atoms with E-state index in [9.17, 15) is 13.2 Å². The van der Waals surface area contributed by atoms with Crippen molar-refractivity contribution < 1.29 is 17.9 Å². The molecule has 0 saturated carbocycles. The highest BCUT2D eigenvalue weighted by molar-refractivity contribution is 5.85. The topological polar surface area (TPSA) is 25.4 Å². The summed E-state index contributed by atoms with van der Waals surface area (Å²) in [5, 5.41) is 0.654. The number of hydrogen-bond donors (Lipinski definition) is 0. The van der Waals surface area contributed by atoms with Gasteiger partial charge in [-0.05, 0) is 44.0 Å². The van der Waals surface area contributed by atoms with E-state index in [2.05, 4.69) is 4.98 Å². The van der Waals surface area contributed by atoms with Gasteiger partial charge in [-0.1, -0.05) is 12.1 Å². The van der Waals surface area contributed by atoms with Gasteiger partial charge in [-0.15, -0.1) is 0 Å². The van der Waals surface area contributed by atoms with Crippen molar-refractivity contribution in [2.24, 2.45) is 0 Å². The fourth-order valence-electron chi connectivity index (χ4n) is 3.67. The number of nitrogens with zero attached hydrogens (tertiary/aromatic N) is 2. The van der Waals surface area contributed by atoms with E-state index in [0.717, 1.165) is 12.8 Å². The van der Waals surface area contributed by atoms with Gasteiger partial charge in [-0.2, -0.15) is 0 Å². The van der Waals surface area contributed by atoms with Crippen LogP contribution in [-0.2, 0) is 6.54 Å². The van der Waals surface area contributed by atoms with Crippen LogP contribution < -0.4 is 4.74 Å². The van der Waals surface area contributed by atoms with Gasteiger partial charge in [0.05, 0.1) is 0 Å².